The lowest BCUT2D eigenvalue weighted by Crippen LogP contribution is -2.41. The first-order valence-corrected chi connectivity index (χ1v) is 8.35. The molecule has 4 nitrogen and oxygen atoms in total. The topological polar surface area (TPSA) is 60.2 Å². The van der Waals surface area contributed by atoms with Crippen molar-refractivity contribution in [1.29, 1.82) is 5.26 Å². The van der Waals surface area contributed by atoms with Crippen LogP contribution in [0.4, 0.5) is 4.39 Å². The Labute approximate surface area is 170 Å². The second-order valence-corrected chi connectivity index (χ2v) is 6.35. The van der Waals surface area contributed by atoms with Gasteiger partial charge < -0.3 is 10.6 Å². The van der Waals surface area contributed by atoms with Gasteiger partial charge in [-0.3, -0.25) is 4.99 Å². The van der Waals surface area contributed by atoms with Crippen molar-refractivity contribution in [1.82, 2.24) is 10.6 Å². The molecule has 0 heterocycles. The van der Waals surface area contributed by atoms with Gasteiger partial charge in [-0.25, -0.2) is 4.39 Å². The highest BCUT2D eigenvalue weighted by Crippen LogP contribution is 2.48. The van der Waals surface area contributed by atoms with Crippen molar-refractivity contribution in [3.63, 3.8) is 0 Å². The molecule has 2 aromatic carbocycles. The predicted molar refractivity (Wildman–Crippen MR) is 112 cm³/mol. The Hall–Kier alpha value is -2.14. The predicted octanol–water partition coefficient (Wildman–Crippen LogP) is 3.71. The van der Waals surface area contributed by atoms with Gasteiger partial charge in [0.1, 0.15) is 5.82 Å². The molecule has 2 aromatic rings. The fraction of sp³-hybridized carbons (Fsp3) is 0.300. The molecule has 26 heavy (non-hydrogen) atoms. The lowest BCUT2D eigenvalue weighted by molar-refractivity contribution is 0.559. The van der Waals surface area contributed by atoms with Gasteiger partial charge in [0.15, 0.2) is 5.96 Å². The number of guanidine groups is 1. The molecule has 136 valence electrons. The van der Waals surface area contributed by atoms with Gasteiger partial charge in [0.25, 0.3) is 0 Å². The molecule has 0 aromatic heterocycles. The zero-order chi connectivity index (χ0) is 17.7. The summed E-state index contributed by atoms with van der Waals surface area (Å²) < 4.78 is 14.1. The van der Waals surface area contributed by atoms with Crippen LogP contribution in [-0.4, -0.2) is 19.6 Å². The number of hydrogen-bond acceptors (Lipinski definition) is 2. The molecular weight excluding hydrogens is 442 g/mol. The molecule has 1 saturated carbocycles. The second kappa shape index (κ2) is 8.99. The fourth-order valence-corrected chi connectivity index (χ4v) is 2.94. The summed E-state index contributed by atoms with van der Waals surface area (Å²) in [7, 11) is 1.72. The average Bonchev–Trinajstić information content (AvgIpc) is 3.43. The van der Waals surface area contributed by atoms with Gasteiger partial charge in [-0.2, -0.15) is 5.26 Å². The largest absolute Gasteiger partial charge is 0.356 e. The zero-order valence-electron chi connectivity index (χ0n) is 14.6. The third-order valence-corrected chi connectivity index (χ3v) is 4.66. The maximum Gasteiger partial charge on any atom is 0.191 e. The van der Waals surface area contributed by atoms with Crippen LogP contribution in [0.15, 0.2) is 53.5 Å². The van der Waals surface area contributed by atoms with Crippen molar-refractivity contribution in [2.45, 2.75) is 24.8 Å². The van der Waals surface area contributed by atoms with Crippen molar-refractivity contribution >= 4 is 29.9 Å². The molecule has 0 saturated heterocycles. The third kappa shape index (κ3) is 4.73. The Kier molecular flexibility index (Phi) is 6.98. The van der Waals surface area contributed by atoms with Crippen molar-refractivity contribution in [2.24, 2.45) is 4.99 Å². The van der Waals surface area contributed by atoms with Crippen molar-refractivity contribution in [3.8, 4) is 6.07 Å². The van der Waals surface area contributed by atoms with Gasteiger partial charge in [0, 0.05) is 25.6 Å². The number of benzene rings is 2. The minimum atomic E-state index is -0.137. The summed E-state index contributed by atoms with van der Waals surface area (Å²) in [6.07, 6.45) is 1.96. The number of nitrogens with one attached hydrogen (secondary N) is 2. The van der Waals surface area contributed by atoms with Crippen molar-refractivity contribution < 1.29 is 4.39 Å². The zero-order valence-corrected chi connectivity index (χ0v) is 17.0. The summed E-state index contributed by atoms with van der Waals surface area (Å²) in [6, 6.07) is 16.5. The number of nitrogens with zero attached hydrogens (tertiary/aromatic N) is 2. The van der Waals surface area contributed by atoms with E-state index in [1.54, 1.807) is 25.2 Å². The highest BCUT2D eigenvalue weighted by Gasteiger charge is 2.45. The van der Waals surface area contributed by atoms with Crippen LogP contribution in [0.3, 0.4) is 0 Å². The summed E-state index contributed by atoms with van der Waals surface area (Å²) in [5, 5.41) is 15.4. The first kappa shape index (κ1) is 20.2. The van der Waals surface area contributed by atoms with Crippen LogP contribution in [0.2, 0.25) is 0 Å². The van der Waals surface area contributed by atoms with E-state index in [9.17, 15) is 4.39 Å². The molecule has 2 N–H and O–H groups in total. The van der Waals surface area contributed by atoms with Gasteiger partial charge in [-0.1, -0.05) is 30.3 Å². The number of hydrogen-bond donors (Lipinski definition) is 2. The van der Waals surface area contributed by atoms with Gasteiger partial charge >= 0.3 is 0 Å². The quantitative estimate of drug-likeness (QED) is 0.403. The Bertz CT molecular complexity index is 807. The van der Waals surface area contributed by atoms with Crippen LogP contribution in [0.25, 0.3) is 0 Å². The van der Waals surface area contributed by atoms with E-state index < -0.39 is 0 Å². The van der Waals surface area contributed by atoms with E-state index in [1.807, 2.05) is 24.3 Å². The Morgan fingerprint density at radius 1 is 1.15 bits per heavy atom. The van der Waals surface area contributed by atoms with Crippen LogP contribution >= 0.6 is 24.0 Å². The third-order valence-electron chi connectivity index (χ3n) is 4.66. The summed E-state index contributed by atoms with van der Waals surface area (Å²) in [6.45, 7) is 1.26. The SMILES string of the molecule is CN=C(NCc1ccc(C#N)cc1)NCC1(c2ccccc2F)CC1.I. The maximum absolute atomic E-state index is 14.1. The molecule has 0 bridgehead atoms. The fourth-order valence-electron chi connectivity index (χ4n) is 2.94. The monoisotopic (exact) mass is 464 g/mol. The molecule has 0 atom stereocenters. The normalized spacial score (nSPS) is 14.7. The lowest BCUT2D eigenvalue weighted by Gasteiger charge is -2.19. The van der Waals surface area contributed by atoms with Gasteiger partial charge in [0.2, 0.25) is 0 Å². The van der Waals surface area contributed by atoms with E-state index in [1.165, 1.54) is 6.07 Å². The van der Waals surface area contributed by atoms with E-state index in [2.05, 4.69) is 21.7 Å². The molecule has 0 amide bonds. The standard InChI is InChI=1S/C20H21FN4.HI/c1-23-19(24-13-16-8-6-15(12-22)7-9-16)25-14-20(10-11-20)17-4-2-3-5-18(17)21;/h2-9H,10-11,13-14H2,1H3,(H2,23,24,25);1H. The van der Waals surface area contributed by atoms with Crippen LogP contribution in [0.1, 0.15) is 29.5 Å². The minimum Gasteiger partial charge on any atom is -0.356 e. The Morgan fingerprint density at radius 3 is 2.42 bits per heavy atom. The molecule has 6 heteroatoms. The van der Waals surface area contributed by atoms with Crippen LogP contribution < -0.4 is 10.6 Å². The van der Waals surface area contributed by atoms with E-state index in [4.69, 9.17) is 5.26 Å². The summed E-state index contributed by atoms with van der Waals surface area (Å²) in [5.41, 5.74) is 2.37. The van der Waals surface area contributed by atoms with Crippen LogP contribution in [0, 0.1) is 17.1 Å². The first-order chi connectivity index (χ1) is 12.2. The second-order valence-electron chi connectivity index (χ2n) is 6.35. The molecule has 0 spiro atoms. The Morgan fingerprint density at radius 2 is 1.85 bits per heavy atom. The number of aliphatic imine (C=N–C) groups is 1. The van der Waals surface area contributed by atoms with Crippen LogP contribution in [-0.2, 0) is 12.0 Å². The summed E-state index contributed by atoms with van der Waals surface area (Å²) >= 11 is 0. The number of nitriles is 1. The molecule has 1 aliphatic rings. The highest BCUT2D eigenvalue weighted by molar-refractivity contribution is 14.0. The maximum atomic E-state index is 14.1. The lowest BCUT2D eigenvalue weighted by atomic mass is 9.95. The average molecular weight is 464 g/mol. The number of halogens is 2. The molecule has 0 radical (unpaired) electrons. The van der Waals surface area contributed by atoms with E-state index in [0.29, 0.717) is 24.6 Å². The van der Waals surface area contributed by atoms with Gasteiger partial charge in [-0.15, -0.1) is 24.0 Å². The van der Waals surface area contributed by atoms with Crippen LogP contribution in [0.5, 0.6) is 0 Å². The van der Waals surface area contributed by atoms with E-state index >= 15 is 0 Å². The summed E-state index contributed by atoms with van der Waals surface area (Å²) in [5.74, 6) is 0.550. The molecule has 1 fully saturated rings. The van der Waals surface area contributed by atoms with E-state index in [0.717, 1.165) is 24.0 Å². The smallest absolute Gasteiger partial charge is 0.191 e. The van der Waals surface area contributed by atoms with Crippen molar-refractivity contribution in [3.05, 3.63) is 71.0 Å². The van der Waals surface area contributed by atoms with Gasteiger partial charge in [0.05, 0.1) is 11.6 Å². The molecule has 0 unspecified atom stereocenters. The molecule has 1 aliphatic carbocycles. The molecular formula is C20H22FIN4. The van der Waals surface area contributed by atoms with Crippen molar-refractivity contribution in [2.75, 3.05) is 13.6 Å². The van der Waals surface area contributed by atoms with E-state index in [-0.39, 0.29) is 35.2 Å². The Balaban J connectivity index is 0.00000243. The highest BCUT2D eigenvalue weighted by atomic mass is 127. The minimum absolute atomic E-state index is 0. The molecule has 3 rings (SSSR count). The first-order valence-electron chi connectivity index (χ1n) is 8.35. The molecule has 0 aliphatic heterocycles. The summed E-state index contributed by atoms with van der Waals surface area (Å²) in [4.78, 5) is 4.23. The number of rotatable bonds is 5. The van der Waals surface area contributed by atoms with Gasteiger partial charge in [-0.05, 0) is 42.2 Å².